The number of aromatic carboxylic acids is 1. The minimum absolute atomic E-state index is 0.0462. The molecule has 4 N–H and O–H groups in total. The smallest absolute Gasteiger partial charge is 0.337 e. The Morgan fingerprint density at radius 3 is 2.68 bits per heavy atom. The Hall–Kier alpha value is -2.57. The number of anilines is 2. The molecule has 0 saturated carbocycles. The molecule has 2 rings (SSSR count). The van der Waals surface area contributed by atoms with Gasteiger partial charge in [-0.3, -0.25) is 14.5 Å². The minimum Gasteiger partial charge on any atom is -0.478 e. The zero-order valence-corrected chi connectivity index (χ0v) is 10.2. The number of carboxylic acid groups (broad SMARTS) is 1. The van der Waals surface area contributed by atoms with Crippen molar-refractivity contribution in [2.75, 3.05) is 18.1 Å². The Balaban J connectivity index is 2.21. The second kappa shape index (κ2) is 4.60. The van der Waals surface area contributed by atoms with Crippen LogP contribution in [-0.2, 0) is 9.59 Å². The normalized spacial score (nSPS) is 18.8. The average molecular weight is 263 g/mol. The van der Waals surface area contributed by atoms with Crippen LogP contribution in [0.5, 0.6) is 0 Å². The Bertz CT molecular complexity index is 570. The van der Waals surface area contributed by atoms with E-state index in [-0.39, 0.29) is 29.5 Å². The number of carbonyl (C=O) groups is 3. The Kier molecular flexibility index (Phi) is 3.12. The summed E-state index contributed by atoms with van der Waals surface area (Å²) in [5.74, 6) is -1.75. The molecule has 0 bridgehead atoms. The summed E-state index contributed by atoms with van der Waals surface area (Å²) in [4.78, 5) is 35.1. The molecule has 7 heteroatoms. The van der Waals surface area contributed by atoms with Crippen molar-refractivity contribution in [1.82, 2.24) is 4.90 Å². The maximum absolute atomic E-state index is 11.7. The molecule has 1 aliphatic heterocycles. The van der Waals surface area contributed by atoms with Crippen molar-refractivity contribution in [3.8, 4) is 0 Å². The lowest BCUT2D eigenvalue weighted by Gasteiger charge is -2.13. The number of hydrogen-bond acceptors (Lipinski definition) is 5. The third kappa shape index (κ3) is 2.35. The van der Waals surface area contributed by atoms with E-state index in [0.717, 1.165) is 4.90 Å². The number of carboxylic acids is 1. The van der Waals surface area contributed by atoms with E-state index in [2.05, 4.69) is 5.32 Å². The summed E-state index contributed by atoms with van der Waals surface area (Å²) in [5, 5.41) is 11.8. The van der Waals surface area contributed by atoms with Crippen LogP contribution in [0.15, 0.2) is 18.2 Å². The molecule has 1 aliphatic rings. The number of carbonyl (C=O) groups excluding carboxylic acids is 2. The molecule has 0 radical (unpaired) electrons. The first kappa shape index (κ1) is 12.9. The number of imide groups is 1. The topological polar surface area (TPSA) is 113 Å². The first-order chi connectivity index (χ1) is 8.90. The lowest BCUT2D eigenvalue weighted by atomic mass is 10.1. The van der Waals surface area contributed by atoms with Crippen molar-refractivity contribution in [1.29, 1.82) is 0 Å². The number of nitrogens with one attached hydrogen (secondary N) is 1. The van der Waals surface area contributed by atoms with E-state index >= 15 is 0 Å². The molecular formula is C12H13N3O4. The van der Waals surface area contributed by atoms with E-state index in [1.165, 1.54) is 19.2 Å². The molecule has 1 aromatic rings. The zero-order valence-electron chi connectivity index (χ0n) is 10.2. The molecule has 19 heavy (non-hydrogen) atoms. The average Bonchev–Trinajstić information content (AvgIpc) is 2.59. The highest BCUT2D eigenvalue weighted by molar-refractivity contribution is 6.06. The number of nitrogens with zero attached hydrogens (tertiary/aromatic N) is 1. The maximum atomic E-state index is 11.7. The summed E-state index contributed by atoms with van der Waals surface area (Å²) in [7, 11) is 1.41. The Labute approximate surface area is 109 Å². The second-order valence-corrected chi connectivity index (χ2v) is 4.30. The van der Waals surface area contributed by atoms with Gasteiger partial charge in [0.05, 0.1) is 12.0 Å². The molecule has 0 aliphatic carbocycles. The van der Waals surface area contributed by atoms with Gasteiger partial charge in [0.1, 0.15) is 6.04 Å². The molecular weight excluding hydrogens is 250 g/mol. The summed E-state index contributed by atoms with van der Waals surface area (Å²) >= 11 is 0. The highest BCUT2D eigenvalue weighted by Gasteiger charge is 2.35. The van der Waals surface area contributed by atoms with Gasteiger partial charge in [-0.15, -0.1) is 0 Å². The number of likely N-dealkylation sites (tertiary alicyclic amines) is 1. The maximum Gasteiger partial charge on any atom is 0.337 e. The third-order valence-electron chi connectivity index (χ3n) is 3.01. The summed E-state index contributed by atoms with van der Waals surface area (Å²) in [6, 6.07) is 3.69. The molecule has 1 saturated heterocycles. The van der Waals surface area contributed by atoms with Crippen molar-refractivity contribution in [2.45, 2.75) is 12.5 Å². The van der Waals surface area contributed by atoms with Crippen LogP contribution < -0.4 is 11.1 Å². The van der Waals surface area contributed by atoms with Crippen LogP contribution in [0.4, 0.5) is 11.4 Å². The van der Waals surface area contributed by atoms with Crippen LogP contribution in [0.1, 0.15) is 16.8 Å². The van der Waals surface area contributed by atoms with Gasteiger partial charge in [-0.25, -0.2) is 4.79 Å². The monoisotopic (exact) mass is 263 g/mol. The fourth-order valence-electron chi connectivity index (χ4n) is 1.90. The van der Waals surface area contributed by atoms with Gasteiger partial charge in [-0.05, 0) is 18.2 Å². The first-order valence-electron chi connectivity index (χ1n) is 5.60. The predicted molar refractivity (Wildman–Crippen MR) is 67.6 cm³/mol. The first-order valence-corrected chi connectivity index (χ1v) is 5.60. The van der Waals surface area contributed by atoms with Gasteiger partial charge in [0, 0.05) is 18.4 Å². The van der Waals surface area contributed by atoms with Gasteiger partial charge in [-0.2, -0.15) is 0 Å². The molecule has 1 aromatic carbocycles. The fraction of sp³-hybridized carbons (Fsp3) is 0.250. The van der Waals surface area contributed by atoms with Gasteiger partial charge in [0.2, 0.25) is 5.91 Å². The quantitative estimate of drug-likeness (QED) is 0.528. The summed E-state index contributed by atoms with van der Waals surface area (Å²) < 4.78 is 0. The Morgan fingerprint density at radius 1 is 1.47 bits per heavy atom. The summed E-state index contributed by atoms with van der Waals surface area (Å²) in [6.45, 7) is 0. The number of nitrogen functional groups attached to an aromatic ring is 1. The van der Waals surface area contributed by atoms with E-state index in [1.54, 1.807) is 6.07 Å². The minimum atomic E-state index is -1.15. The zero-order chi connectivity index (χ0) is 14.2. The largest absolute Gasteiger partial charge is 0.478 e. The molecule has 1 heterocycles. The van der Waals surface area contributed by atoms with Crippen LogP contribution in [0.3, 0.4) is 0 Å². The highest BCUT2D eigenvalue weighted by Crippen LogP contribution is 2.21. The third-order valence-corrected chi connectivity index (χ3v) is 3.01. The van der Waals surface area contributed by atoms with Crippen LogP contribution >= 0.6 is 0 Å². The van der Waals surface area contributed by atoms with Crippen molar-refractivity contribution in [3.63, 3.8) is 0 Å². The van der Waals surface area contributed by atoms with Crippen LogP contribution in [0.25, 0.3) is 0 Å². The van der Waals surface area contributed by atoms with Crippen LogP contribution in [0, 0.1) is 0 Å². The summed E-state index contributed by atoms with van der Waals surface area (Å²) in [6.07, 6.45) is 0.0577. The van der Waals surface area contributed by atoms with Crippen LogP contribution in [-0.4, -0.2) is 40.9 Å². The molecule has 2 amide bonds. The molecule has 1 unspecified atom stereocenters. The standard InChI is InChI=1S/C12H13N3O4/c1-15-10(16)5-9(11(15)17)14-6-2-3-8(13)7(4-6)12(18)19/h2-4,9,14H,5,13H2,1H3,(H,18,19). The fourth-order valence-corrected chi connectivity index (χ4v) is 1.90. The Morgan fingerprint density at radius 2 is 2.16 bits per heavy atom. The highest BCUT2D eigenvalue weighted by atomic mass is 16.4. The second-order valence-electron chi connectivity index (χ2n) is 4.30. The molecule has 1 atom stereocenters. The molecule has 0 spiro atoms. The molecule has 100 valence electrons. The molecule has 1 fully saturated rings. The summed E-state index contributed by atoms with van der Waals surface area (Å²) in [5.41, 5.74) is 6.07. The van der Waals surface area contributed by atoms with Crippen molar-refractivity contribution < 1.29 is 19.5 Å². The number of likely N-dealkylation sites (N-methyl/N-ethyl adjacent to an activating group) is 1. The van der Waals surface area contributed by atoms with E-state index < -0.39 is 12.0 Å². The van der Waals surface area contributed by atoms with Gasteiger partial charge < -0.3 is 16.2 Å². The van der Waals surface area contributed by atoms with E-state index in [9.17, 15) is 14.4 Å². The van der Waals surface area contributed by atoms with Gasteiger partial charge in [0.25, 0.3) is 5.91 Å². The van der Waals surface area contributed by atoms with Gasteiger partial charge in [0.15, 0.2) is 0 Å². The molecule has 0 aromatic heterocycles. The number of amides is 2. The van der Waals surface area contributed by atoms with E-state index in [1.807, 2.05) is 0 Å². The van der Waals surface area contributed by atoms with Crippen molar-refractivity contribution in [2.24, 2.45) is 0 Å². The number of hydrogen-bond donors (Lipinski definition) is 3. The van der Waals surface area contributed by atoms with Crippen molar-refractivity contribution >= 4 is 29.2 Å². The predicted octanol–water partition coefficient (Wildman–Crippen LogP) is 0.136. The van der Waals surface area contributed by atoms with Crippen LogP contribution in [0.2, 0.25) is 0 Å². The lowest BCUT2D eigenvalue weighted by molar-refractivity contribution is -0.136. The van der Waals surface area contributed by atoms with Gasteiger partial charge >= 0.3 is 5.97 Å². The lowest BCUT2D eigenvalue weighted by Crippen LogP contribution is -2.31. The number of nitrogens with two attached hydrogens (primary N) is 1. The molecule has 7 nitrogen and oxygen atoms in total. The SMILES string of the molecule is CN1C(=O)CC(Nc2ccc(N)c(C(=O)O)c2)C1=O. The van der Waals surface area contributed by atoms with Gasteiger partial charge in [-0.1, -0.05) is 0 Å². The van der Waals surface area contributed by atoms with E-state index in [0.29, 0.717) is 5.69 Å². The van der Waals surface area contributed by atoms with E-state index in [4.69, 9.17) is 10.8 Å². The number of benzene rings is 1. The van der Waals surface area contributed by atoms with Crippen molar-refractivity contribution in [3.05, 3.63) is 23.8 Å². The number of rotatable bonds is 3.